The molecule has 0 aromatic heterocycles. The van der Waals surface area contributed by atoms with Gasteiger partial charge in [0.1, 0.15) is 0 Å². The second kappa shape index (κ2) is 6.19. The third kappa shape index (κ3) is 6.81. The zero-order valence-electron chi connectivity index (χ0n) is 9.06. The van der Waals surface area contributed by atoms with Crippen LogP contribution in [0.1, 0.15) is 32.6 Å². The number of carbonyl (C=O) groups is 1. The van der Waals surface area contributed by atoms with Gasteiger partial charge in [0.15, 0.2) is 0 Å². The van der Waals surface area contributed by atoms with Gasteiger partial charge in [0, 0.05) is 6.42 Å². The zero-order valence-corrected chi connectivity index (χ0v) is 10.1. The molecule has 0 saturated carbocycles. The minimum Gasteiger partial charge on any atom is -0.520 e. The Bertz CT molecular complexity index is 155. The maximum absolute atomic E-state index is 11.2. The van der Waals surface area contributed by atoms with Gasteiger partial charge in [-0.1, -0.05) is 26.7 Å². The van der Waals surface area contributed by atoms with Crippen molar-refractivity contribution in [3.8, 4) is 0 Å². The summed E-state index contributed by atoms with van der Waals surface area (Å²) in [4.78, 5) is 11.2. The van der Waals surface area contributed by atoms with Gasteiger partial charge in [-0.2, -0.15) is 0 Å². The van der Waals surface area contributed by atoms with Crippen molar-refractivity contribution in [2.45, 2.75) is 51.7 Å². The van der Waals surface area contributed by atoms with Gasteiger partial charge in [0.05, 0.1) is 0 Å². The van der Waals surface area contributed by atoms with Crippen LogP contribution in [-0.4, -0.2) is 14.3 Å². The van der Waals surface area contributed by atoms with E-state index in [1.54, 1.807) is 0 Å². The predicted molar refractivity (Wildman–Crippen MR) is 57.9 cm³/mol. The summed E-state index contributed by atoms with van der Waals surface area (Å²) in [5, 5.41) is 0. The molecular formula is C10H21O2Si. The molecule has 1 radical (unpaired) electrons. The van der Waals surface area contributed by atoms with E-state index in [2.05, 4.69) is 26.9 Å². The van der Waals surface area contributed by atoms with Gasteiger partial charge in [0.2, 0.25) is 8.32 Å². The molecule has 3 heteroatoms. The van der Waals surface area contributed by atoms with Crippen molar-refractivity contribution in [2.24, 2.45) is 0 Å². The van der Waals surface area contributed by atoms with Crippen molar-refractivity contribution in [1.29, 1.82) is 0 Å². The largest absolute Gasteiger partial charge is 0.520 e. The van der Waals surface area contributed by atoms with Crippen molar-refractivity contribution < 1.29 is 9.22 Å². The summed E-state index contributed by atoms with van der Waals surface area (Å²) in [5.74, 6) is -0.0669. The Kier molecular flexibility index (Phi) is 6.04. The molecule has 0 saturated heterocycles. The molecule has 0 aromatic rings. The van der Waals surface area contributed by atoms with Crippen molar-refractivity contribution in [2.75, 3.05) is 0 Å². The molecule has 0 rings (SSSR count). The number of carbonyl (C=O) groups excluding carboxylic acids is 1. The predicted octanol–water partition coefficient (Wildman–Crippen LogP) is 3.15. The minimum atomic E-state index is -1.70. The Morgan fingerprint density at radius 3 is 2.54 bits per heavy atom. The van der Waals surface area contributed by atoms with E-state index in [1.165, 1.54) is 6.42 Å². The molecular weight excluding hydrogens is 180 g/mol. The maximum Gasteiger partial charge on any atom is 0.292 e. The van der Waals surface area contributed by atoms with Crippen LogP contribution in [0.3, 0.4) is 0 Å². The molecule has 0 bridgehead atoms. The van der Waals surface area contributed by atoms with Crippen LogP contribution in [0.25, 0.3) is 0 Å². The first-order valence-corrected chi connectivity index (χ1v) is 8.14. The topological polar surface area (TPSA) is 26.3 Å². The molecule has 0 heterocycles. The van der Waals surface area contributed by atoms with Crippen molar-refractivity contribution in [3.63, 3.8) is 0 Å². The highest BCUT2D eigenvalue weighted by molar-refractivity contribution is 6.72. The number of hydrogen-bond acceptors (Lipinski definition) is 2. The summed E-state index contributed by atoms with van der Waals surface area (Å²) in [7, 11) is -1.70. The molecule has 0 aliphatic heterocycles. The summed E-state index contributed by atoms with van der Waals surface area (Å²) >= 11 is 0. The fourth-order valence-electron chi connectivity index (χ4n) is 1.16. The molecule has 13 heavy (non-hydrogen) atoms. The van der Waals surface area contributed by atoms with E-state index in [4.69, 9.17) is 4.43 Å². The van der Waals surface area contributed by atoms with Crippen molar-refractivity contribution >= 4 is 14.3 Å². The molecule has 77 valence electrons. The molecule has 0 amide bonds. The van der Waals surface area contributed by atoms with Crippen LogP contribution in [0.4, 0.5) is 0 Å². The van der Waals surface area contributed by atoms with Gasteiger partial charge < -0.3 is 4.43 Å². The van der Waals surface area contributed by atoms with E-state index in [1.807, 2.05) is 0 Å². The number of rotatable bonds is 6. The van der Waals surface area contributed by atoms with E-state index in [0.717, 1.165) is 12.5 Å². The highest BCUT2D eigenvalue weighted by atomic mass is 28.4. The summed E-state index contributed by atoms with van der Waals surface area (Å²) in [6.07, 6.45) is 3.43. The highest BCUT2D eigenvalue weighted by Crippen LogP contribution is 2.15. The molecule has 0 spiro atoms. The molecule has 0 unspecified atom stereocenters. The van der Waals surface area contributed by atoms with Gasteiger partial charge in [-0.05, 0) is 25.6 Å². The van der Waals surface area contributed by atoms with Crippen LogP contribution in [-0.2, 0) is 9.22 Å². The summed E-state index contributed by atoms with van der Waals surface area (Å²) in [6, 6.07) is 1.08. The van der Waals surface area contributed by atoms with Crippen LogP contribution in [0.2, 0.25) is 19.1 Å². The van der Waals surface area contributed by atoms with Gasteiger partial charge in [-0.3, -0.25) is 4.79 Å². The van der Waals surface area contributed by atoms with Crippen molar-refractivity contribution in [3.05, 3.63) is 6.92 Å². The molecule has 2 nitrogen and oxygen atoms in total. The van der Waals surface area contributed by atoms with Crippen LogP contribution >= 0.6 is 0 Å². The van der Waals surface area contributed by atoms with Crippen LogP contribution in [0.5, 0.6) is 0 Å². The maximum atomic E-state index is 11.2. The standard InChI is InChI=1S/C10H21O2Si/c1-5-7-9-13(3,4)12-10(11)8-6-2/h2,5-9H2,1,3-4H3. The Morgan fingerprint density at radius 2 is 2.08 bits per heavy atom. The molecule has 0 fully saturated rings. The van der Waals surface area contributed by atoms with E-state index < -0.39 is 8.32 Å². The summed E-state index contributed by atoms with van der Waals surface area (Å²) in [6.45, 7) is 9.99. The summed E-state index contributed by atoms with van der Waals surface area (Å²) in [5.41, 5.74) is 0. The fraction of sp³-hybridized carbons (Fsp3) is 0.800. The second-order valence-corrected chi connectivity index (χ2v) is 8.16. The number of hydrogen-bond donors (Lipinski definition) is 0. The second-order valence-electron chi connectivity index (χ2n) is 3.94. The Labute approximate surface area is 82.8 Å². The first kappa shape index (κ1) is 12.7. The van der Waals surface area contributed by atoms with Gasteiger partial charge in [-0.25, -0.2) is 0 Å². The van der Waals surface area contributed by atoms with Gasteiger partial charge in [0.25, 0.3) is 5.97 Å². The molecule has 0 aliphatic rings. The third-order valence-electron chi connectivity index (χ3n) is 1.90. The molecule has 0 N–H and O–H groups in total. The lowest BCUT2D eigenvalue weighted by Gasteiger charge is -2.22. The zero-order chi connectivity index (χ0) is 10.3. The van der Waals surface area contributed by atoms with Crippen molar-refractivity contribution in [1.82, 2.24) is 0 Å². The molecule has 0 aromatic carbocycles. The van der Waals surface area contributed by atoms with E-state index in [-0.39, 0.29) is 5.97 Å². The Morgan fingerprint density at radius 1 is 1.46 bits per heavy atom. The first-order chi connectivity index (χ1) is 6.02. The summed E-state index contributed by atoms with van der Waals surface area (Å²) < 4.78 is 5.44. The van der Waals surface area contributed by atoms with E-state index in [0.29, 0.717) is 12.8 Å². The molecule has 0 aliphatic carbocycles. The van der Waals surface area contributed by atoms with Gasteiger partial charge >= 0.3 is 0 Å². The SMILES string of the molecule is [CH2]CCC(=O)O[Si](C)(C)CCCC. The monoisotopic (exact) mass is 201 g/mol. The third-order valence-corrected chi connectivity index (χ3v) is 4.24. The quantitative estimate of drug-likeness (QED) is 0.617. The number of unbranched alkanes of at least 4 members (excludes halogenated alkanes) is 1. The lowest BCUT2D eigenvalue weighted by Crippen LogP contribution is -2.33. The first-order valence-electron chi connectivity index (χ1n) is 5.03. The fourth-order valence-corrected chi connectivity index (χ4v) is 3.18. The highest BCUT2D eigenvalue weighted by Gasteiger charge is 2.25. The van der Waals surface area contributed by atoms with Gasteiger partial charge in [-0.15, -0.1) is 0 Å². The van der Waals surface area contributed by atoms with E-state index in [9.17, 15) is 4.79 Å². The van der Waals surface area contributed by atoms with E-state index >= 15 is 0 Å². The minimum absolute atomic E-state index is 0.0669. The van der Waals surface area contributed by atoms with Crippen LogP contribution < -0.4 is 0 Å². The average molecular weight is 201 g/mol. The normalized spacial score (nSPS) is 11.4. The lowest BCUT2D eigenvalue weighted by atomic mass is 10.4. The lowest BCUT2D eigenvalue weighted by molar-refractivity contribution is -0.135. The Hall–Kier alpha value is -0.313. The smallest absolute Gasteiger partial charge is 0.292 e. The van der Waals surface area contributed by atoms with Crippen LogP contribution in [0, 0.1) is 6.92 Å². The Balaban J connectivity index is 3.79. The molecule has 0 atom stereocenters. The van der Waals surface area contributed by atoms with Crippen LogP contribution in [0.15, 0.2) is 0 Å². The average Bonchev–Trinajstić information content (AvgIpc) is 2.00.